The van der Waals surface area contributed by atoms with Crippen molar-refractivity contribution in [1.82, 2.24) is 20.1 Å². The Balaban J connectivity index is 1.35. The zero-order valence-electron chi connectivity index (χ0n) is 17.9. The van der Waals surface area contributed by atoms with Gasteiger partial charge in [-0.1, -0.05) is 12.1 Å². The van der Waals surface area contributed by atoms with Gasteiger partial charge in [-0.05, 0) is 36.2 Å². The Bertz CT molecular complexity index is 1150. The Labute approximate surface area is 189 Å². The normalized spacial score (nSPS) is 21.3. The summed E-state index contributed by atoms with van der Waals surface area (Å²) < 4.78 is 34.5. The molecule has 0 bridgehead atoms. The van der Waals surface area contributed by atoms with Crippen molar-refractivity contribution in [2.24, 2.45) is 0 Å². The van der Waals surface area contributed by atoms with Crippen LogP contribution in [0, 0.1) is 0 Å². The second kappa shape index (κ2) is 8.55. The maximum Gasteiger partial charge on any atom is 0.270 e. The van der Waals surface area contributed by atoms with Crippen molar-refractivity contribution < 1.29 is 23.4 Å². The molecule has 3 aromatic rings. The number of hydrogen-bond acceptors (Lipinski definition) is 5. The van der Waals surface area contributed by atoms with Crippen molar-refractivity contribution in [3.8, 4) is 11.4 Å². The third kappa shape index (κ3) is 4.59. The van der Waals surface area contributed by atoms with Crippen LogP contribution in [-0.4, -0.2) is 50.5 Å². The molecule has 2 aliphatic rings. The molecule has 1 aliphatic carbocycles. The number of nitrogens with zero attached hydrogens (tertiary/aromatic N) is 3. The number of carbonyl (C=O) groups excluding carboxylic acids is 1. The fourth-order valence-electron chi connectivity index (χ4n) is 4.42. The molecule has 0 spiro atoms. The van der Waals surface area contributed by atoms with E-state index in [1.54, 1.807) is 16.9 Å². The molecular formula is C24H24F2N4O3. The van der Waals surface area contributed by atoms with Gasteiger partial charge in [0, 0.05) is 43.6 Å². The first-order chi connectivity index (χ1) is 15.9. The molecule has 0 unspecified atom stereocenters. The number of hydrogen-bond donors (Lipinski definition) is 2. The minimum Gasteiger partial charge on any atom is -0.491 e. The molecule has 2 aromatic heterocycles. The van der Waals surface area contributed by atoms with E-state index in [9.17, 15) is 18.7 Å². The van der Waals surface area contributed by atoms with Crippen LogP contribution in [0.25, 0.3) is 5.69 Å². The Hall–Kier alpha value is -3.33. The number of aliphatic hydroxyl groups excluding tert-OH is 1. The molecule has 3 heterocycles. The number of pyridine rings is 1. The first-order valence-corrected chi connectivity index (χ1v) is 11.0. The van der Waals surface area contributed by atoms with Crippen LogP contribution in [0.4, 0.5) is 8.78 Å². The Morgan fingerprint density at radius 2 is 2.12 bits per heavy atom. The standard InChI is InChI=1S/C24H24F2N4O3/c25-24(26)8-6-18(21(31)14-24)29-23(32)20-13-16(22-19(28-20)7-11-33-22)12-15-2-4-17(5-3-15)30-10-1-9-27-30/h1-5,9-10,13,18,21,31H,6-8,11-12,14H2,(H,29,32)/t18-,21-/m0/s1. The molecule has 2 atom stereocenters. The molecule has 1 fully saturated rings. The fourth-order valence-corrected chi connectivity index (χ4v) is 4.42. The van der Waals surface area contributed by atoms with E-state index in [1.165, 1.54) is 0 Å². The lowest BCUT2D eigenvalue weighted by Gasteiger charge is -2.33. The second-order valence-corrected chi connectivity index (χ2v) is 8.58. The van der Waals surface area contributed by atoms with Gasteiger partial charge >= 0.3 is 0 Å². The van der Waals surface area contributed by atoms with E-state index in [2.05, 4.69) is 15.4 Å². The Kier molecular flexibility index (Phi) is 5.57. The summed E-state index contributed by atoms with van der Waals surface area (Å²) >= 11 is 0. The van der Waals surface area contributed by atoms with E-state index in [4.69, 9.17) is 4.74 Å². The number of benzene rings is 1. The van der Waals surface area contributed by atoms with E-state index in [0.717, 1.165) is 16.8 Å². The van der Waals surface area contributed by atoms with Crippen LogP contribution in [0.2, 0.25) is 0 Å². The van der Waals surface area contributed by atoms with E-state index in [1.807, 2.05) is 36.5 Å². The summed E-state index contributed by atoms with van der Waals surface area (Å²) in [4.78, 5) is 17.3. The van der Waals surface area contributed by atoms with E-state index in [-0.39, 0.29) is 18.5 Å². The SMILES string of the molecule is O=C(N[C@H]1CCC(F)(F)C[C@@H]1O)c1cc(Cc2ccc(-n3cccn3)cc2)c2c(n1)CCO2. The molecule has 5 rings (SSSR count). The molecule has 1 saturated carbocycles. The zero-order chi connectivity index (χ0) is 23.0. The van der Waals surface area contributed by atoms with Crippen molar-refractivity contribution in [2.45, 2.75) is 50.2 Å². The molecule has 172 valence electrons. The number of carbonyl (C=O) groups is 1. The van der Waals surface area contributed by atoms with Gasteiger partial charge in [0.1, 0.15) is 11.4 Å². The summed E-state index contributed by atoms with van der Waals surface area (Å²) in [5.74, 6) is -2.68. The molecule has 1 aromatic carbocycles. The summed E-state index contributed by atoms with van der Waals surface area (Å²) in [6.45, 7) is 0.495. The number of halogens is 2. The molecule has 7 nitrogen and oxygen atoms in total. The fraction of sp³-hybridized carbons (Fsp3) is 0.375. The van der Waals surface area contributed by atoms with E-state index >= 15 is 0 Å². The molecule has 1 aliphatic heterocycles. The minimum atomic E-state index is -2.90. The molecule has 0 radical (unpaired) electrons. The summed E-state index contributed by atoms with van der Waals surface area (Å²) in [5.41, 5.74) is 3.72. The largest absolute Gasteiger partial charge is 0.491 e. The maximum atomic E-state index is 13.5. The first-order valence-electron chi connectivity index (χ1n) is 11.0. The molecular weight excluding hydrogens is 430 g/mol. The zero-order valence-corrected chi connectivity index (χ0v) is 17.9. The number of nitrogens with one attached hydrogen (secondary N) is 1. The monoisotopic (exact) mass is 454 g/mol. The number of alkyl halides is 2. The number of aliphatic hydroxyl groups is 1. The summed E-state index contributed by atoms with van der Waals surface area (Å²) in [5, 5.41) is 17.0. The van der Waals surface area contributed by atoms with Crippen LogP contribution in [0.3, 0.4) is 0 Å². The third-order valence-electron chi connectivity index (χ3n) is 6.15. The quantitative estimate of drug-likeness (QED) is 0.619. The topological polar surface area (TPSA) is 89.3 Å². The van der Waals surface area contributed by atoms with Crippen molar-refractivity contribution in [2.75, 3.05) is 6.61 Å². The lowest BCUT2D eigenvalue weighted by atomic mass is 9.89. The average molecular weight is 454 g/mol. The minimum absolute atomic E-state index is 0.0173. The number of aromatic nitrogens is 3. The van der Waals surface area contributed by atoms with Crippen LogP contribution in [0.15, 0.2) is 48.8 Å². The molecule has 2 N–H and O–H groups in total. The highest BCUT2D eigenvalue weighted by Crippen LogP contribution is 2.34. The Morgan fingerprint density at radius 3 is 2.85 bits per heavy atom. The van der Waals surface area contributed by atoms with Crippen LogP contribution >= 0.6 is 0 Å². The van der Waals surface area contributed by atoms with E-state index < -0.39 is 30.4 Å². The third-order valence-corrected chi connectivity index (χ3v) is 6.15. The molecule has 1 amide bonds. The van der Waals surface area contributed by atoms with Crippen LogP contribution in [-0.2, 0) is 12.8 Å². The predicted octanol–water partition coefficient (Wildman–Crippen LogP) is 3.07. The van der Waals surface area contributed by atoms with Crippen LogP contribution in [0.5, 0.6) is 5.75 Å². The van der Waals surface area contributed by atoms with E-state index in [0.29, 0.717) is 30.9 Å². The lowest BCUT2D eigenvalue weighted by Crippen LogP contribution is -2.49. The molecule has 9 heteroatoms. The van der Waals surface area contributed by atoms with Gasteiger partial charge in [0.2, 0.25) is 0 Å². The highest BCUT2D eigenvalue weighted by atomic mass is 19.3. The van der Waals surface area contributed by atoms with Crippen LogP contribution in [0.1, 0.15) is 46.6 Å². The van der Waals surface area contributed by atoms with Crippen molar-refractivity contribution in [3.63, 3.8) is 0 Å². The second-order valence-electron chi connectivity index (χ2n) is 8.58. The summed E-state index contributed by atoms with van der Waals surface area (Å²) in [6, 6.07) is 10.8. The average Bonchev–Trinajstić information content (AvgIpc) is 3.48. The number of ether oxygens (including phenoxy) is 1. The van der Waals surface area contributed by atoms with Gasteiger partial charge in [-0.15, -0.1) is 0 Å². The van der Waals surface area contributed by atoms with Crippen LogP contribution < -0.4 is 10.1 Å². The number of fused-ring (bicyclic) bond motifs is 1. The maximum absolute atomic E-state index is 13.5. The first kappa shape index (κ1) is 21.5. The van der Waals surface area contributed by atoms with Gasteiger partial charge in [-0.25, -0.2) is 18.4 Å². The van der Waals surface area contributed by atoms with Gasteiger partial charge in [-0.3, -0.25) is 4.79 Å². The smallest absolute Gasteiger partial charge is 0.270 e. The highest BCUT2D eigenvalue weighted by molar-refractivity contribution is 5.93. The predicted molar refractivity (Wildman–Crippen MR) is 116 cm³/mol. The van der Waals surface area contributed by atoms with Gasteiger partial charge in [0.15, 0.2) is 0 Å². The highest BCUT2D eigenvalue weighted by Gasteiger charge is 2.41. The molecule has 33 heavy (non-hydrogen) atoms. The summed E-state index contributed by atoms with van der Waals surface area (Å²) in [7, 11) is 0. The lowest BCUT2D eigenvalue weighted by molar-refractivity contribution is -0.0862. The van der Waals surface area contributed by atoms with Gasteiger partial charge in [0.25, 0.3) is 11.8 Å². The van der Waals surface area contributed by atoms with Crippen molar-refractivity contribution in [1.29, 1.82) is 0 Å². The van der Waals surface area contributed by atoms with Gasteiger partial charge in [-0.2, -0.15) is 5.10 Å². The Morgan fingerprint density at radius 1 is 1.30 bits per heavy atom. The number of amides is 1. The van der Waals surface area contributed by atoms with Crippen molar-refractivity contribution in [3.05, 3.63) is 71.3 Å². The van der Waals surface area contributed by atoms with Gasteiger partial charge < -0.3 is 15.2 Å². The molecule has 0 saturated heterocycles. The number of rotatable bonds is 5. The van der Waals surface area contributed by atoms with Crippen molar-refractivity contribution >= 4 is 5.91 Å². The summed E-state index contributed by atoms with van der Waals surface area (Å²) in [6.07, 6.45) is 2.45. The van der Waals surface area contributed by atoms with Gasteiger partial charge in [0.05, 0.1) is 30.1 Å².